The van der Waals surface area contributed by atoms with Crippen molar-refractivity contribution in [1.82, 2.24) is 0 Å². The molecule has 0 aliphatic rings. The van der Waals surface area contributed by atoms with E-state index >= 15 is 0 Å². The number of ether oxygens (including phenoxy) is 4. The van der Waals surface area contributed by atoms with Gasteiger partial charge in [-0.3, -0.25) is 0 Å². The first-order valence-corrected chi connectivity index (χ1v) is 7.96. The summed E-state index contributed by atoms with van der Waals surface area (Å²) < 4.78 is 21.2. The second-order valence-corrected chi connectivity index (χ2v) is 5.14. The van der Waals surface area contributed by atoms with E-state index in [0.29, 0.717) is 39.6 Å². The molecule has 0 atom stereocenters. The smallest absolute Gasteiger partial charge is 0.119 e. The minimum Gasteiger partial charge on any atom is -0.508 e. The van der Waals surface area contributed by atoms with Crippen LogP contribution in [0.3, 0.4) is 0 Å². The molecular weight excluding hydrogens is 308 g/mol. The first-order chi connectivity index (χ1) is 11.8. The highest BCUT2D eigenvalue weighted by Crippen LogP contribution is 2.24. The van der Waals surface area contributed by atoms with Gasteiger partial charge in [0.05, 0.1) is 33.0 Å². The van der Waals surface area contributed by atoms with Gasteiger partial charge in [-0.05, 0) is 35.4 Å². The first kappa shape index (κ1) is 18.3. The Morgan fingerprint density at radius 1 is 0.667 bits per heavy atom. The zero-order chi connectivity index (χ0) is 17.0. The van der Waals surface area contributed by atoms with Crippen LogP contribution in [-0.2, 0) is 14.2 Å². The van der Waals surface area contributed by atoms with Crippen LogP contribution in [0.25, 0.3) is 11.1 Å². The van der Waals surface area contributed by atoms with Crippen LogP contribution in [0.15, 0.2) is 48.5 Å². The molecule has 0 unspecified atom stereocenters. The maximum absolute atomic E-state index is 9.32. The number of hydrogen-bond donors (Lipinski definition) is 1. The number of methoxy groups -OCH3 is 1. The van der Waals surface area contributed by atoms with E-state index in [2.05, 4.69) is 0 Å². The average Bonchev–Trinajstić information content (AvgIpc) is 2.62. The van der Waals surface area contributed by atoms with Gasteiger partial charge in [0.1, 0.15) is 18.1 Å². The maximum atomic E-state index is 9.32. The number of phenolic OH excluding ortho intramolecular Hbond substituents is 1. The Hall–Kier alpha value is -2.08. The molecule has 130 valence electrons. The van der Waals surface area contributed by atoms with Gasteiger partial charge in [-0.15, -0.1) is 0 Å². The van der Waals surface area contributed by atoms with Crippen molar-refractivity contribution in [1.29, 1.82) is 0 Å². The molecular formula is C19H24O5. The zero-order valence-electron chi connectivity index (χ0n) is 13.9. The van der Waals surface area contributed by atoms with E-state index < -0.39 is 0 Å². The van der Waals surface area contributed by atoms with Gasteiger partial charge in [0.25, 0.3) is 0 Å². The van der Waals surface area contributed by atoms with Gasteiger partial charge in [0.15, 0.2) is 0 Å². The van der Waals surface area contributed by atoms with Gasteiger partial charge in [0.2, 0.25) is 0 Å². The number of rotatable bonds is 11. The highest BCUT2D eigenvalue weighted by molar-refractivity contribution is 5.64. The lowest BCUT2D eigenvalue weighted by atomic mass is 10.1. The molecule has 1 N–H and O–H groups in total. The molecule has 24 heavy (non-hydrogen) atoms. The van der Waals surface area contributed by atoms with Gasteiger partial charge in [-0.2, -0.15) is 0 Å². The van der Waals surface area contributed by atoms with Gasteiger partial charge in [0, 0.05) is 7.11 Å². The SMILES string of the molecule is COCCOCCOCCOc1ccc(-c2ccc(O)cc2)cc1. The largest absolute Gasteiger partial charge is 0.508 e. The molecule has 0 aromatic heterocycles. The summed E-state index contributed by atoms with van der Waals surface area (Å²) in [6.07, 6.45) is 0. The summed E-state index contributed by atoms with van der Waals surface area (Å²) in [6.45, 7) is 3.31. The highest BCUT2D eigenvalue weighted by Gasteiger charge is 1.99. The van der Waals surface area contributed by atoms with Crippen molar-refractivity contribution in [2.45, 2.75) is 0 Å². The fraction of sp³-hybridized carbons (Fsp3) is 0.368. The van der Waals surface area contributed by atoms with E-state index in [1.165, 1.54) is 0 Å². The monoisotopic (exact) mass is 332 g/mol. The number of phenols is 1. The van der Waals surface area contributed by atoms with Crippen LogP contribution < -0.4 is 4.74 Å². The van der Waals surface area contributed by atoms with Gasteiger partial charge in [-0.1, -0.05) is 24.3 Å². The Morgan fingerprint density at radius 3 is 1.75 bits per heavy atom. The maximum Gasteiger partial charge on any atom is 0.119 e. The van der Waals surface area contributed by atoms with Crippen molar-refractivity contribution in [3.8, 4) is 22.6 Å². The van der Waals surface area contributed by atoms with Crippen LogP contribution in [0, 0.1) is 0 Å². The van der Waals surface area contributed by atoms with Crippen LogP contribution >= 0.6 is 0 Å². The molecule has 0 spiro atoms. The fourth-order valence-corrected chi connectivity index (χ4v) is 2.08. The highest BCUT2D eigenvalue weighted by atomic mass is 16.6. The summed E-state index contributed by atoms with van der Waals surface area (Å²) >= 11 is 0. The molecule has 0 bridgehead atoms. The third-order valence-electron chi connectivity index (χ3n) is 3.36. The first-order valence-electron chi connectivity index (χ1n) is 7.96. The molecule has 0 heterocycles. The summed E-state index contributed by atoms with van der Waals surface area (Å²) in [7, 11) is 1.65. The lowest BCUT2D eigenvalue weighted by Gasteiger charge is -2.09. The molecule has 2 aromatic rings. The van der Waals surface area contributed by atoms with Crippen LogP contribution in [-0.4, -0.2) is 51.9 Å². The van der Waals surface area contributed by atoms with Crippen LogP contribution in [0.1, 0.15) is 0 Å². The van der Waals surface area contributed by atoms with Crippen LogP contribution in [0.2, 0.25) is 0 Å². The molecule has 5 heteroatoms. The van der Waals surface area contributed by atoms with E-state index in [0.717, 1.165) is 16.9 Å². The average molecular weight is 332 g/mol. The second-order valence-electron chi connectivity index (χ2n) is 5.14. The van der Waals surface area contributed by atoms with Crippen molar-refractivity contribution in [3.63, 3.8) is 0 Å². The third kappa shape index (κ3) is 6.58. The second kappa shape index (κ2) is 10.6. The predicted molar refractivity (Wildman–Crippen MR) is 92.6 cm³/mol. The summed E-state index contributed by atoms with van der Waals surface area (Å²) in [6, 6.07) is 15.0. The van der Waals surface area contributed by atoms with E-state index in [9.17, 15) is 5.11 Å². The summed E-state index contributed by atoms with van der Waals surface area (Å²) in [5, 5.41) is 9.32. The topological polar surface area (TPSA) is 57.2 Å². The molecule has 0 saturated heterocycles. The van der Waals surface area contributed by atoms with Gasteiger partial charge in [-0.25, -0.2) is 0 Å². The molecule has 0 aliphatic heterocycles. The number of aromatic hydroxyl groups is 1. The standard InChI is InChI=1S/C19H24O5/c1-21-10-11-22-12-13-23-14-15-24-19-8-4-17(5-9-19)16-2-6-18(20)7-3-16/h2-9,20H,10-15H2,1H3. The summed E-state index contributed by atoms with van der Waals surface area (Å²) in [5.41, 5.74) is 2.13. The Balaban J connectivity index is 1.63. The quantitative estimate of drug-likeness (QED) is 0.641. The van der Waals surface area contributed by atoms with Gasteiger partial charge >= 0.3 is 0 Å². The van der Waals surface area contributed by atoms with Crippen molar-refractivity contribution in [3.05, 3.63) is 48.5 Å². The molecule has 0 radical (unpaired) electrons. The number of hydrogen-bond acceptors (Lipinski definition) is 5. The molecule has 0 aliphatic carbocycles. The fourth-order valence-electron chi connectivity index (χ4n) is 2.08. The van der Waals surface area contributed by atoms with Crippen LogP contribution in [0.5, 0.6) is 11.5 Å². The summed E-state index contributed by atoms with van der Waals surface area (Å²) in [5.74, 6) is 1.07. The lowest BCUT2D eigenvalue weighted by Crippen LogP contribution is -2.12. The molecule has 2 aromatic carbocycles. The zero-order valence-corrected chi connectivity index (χ0v) is 13.9. The minimum absolute atomic E-state index is 0.266. The van der Waals surface area contributed by atoms with E-state index in [1.807, 2.05) is 36.4 Å². The summed E-state index contributed by atoms with van der Waals surface area (Å²) in [4.78, 5) is 0. The Labute approximate surface area is 142 Å². The number of benzene rings is 2. The van der Waals surface area contributed by atoms with Gasteiger partial charge < -0.3 is 24.1 Å². The Kier molecular flexibility index (Phi) is 8.10. The van der Waals surface area contributed by atoms with E-state index in [1.54, 1.807) is 19.2 Å². The minimum atomic E-state index is 0.266. The van der Waals surface area contributed by atoms with Crippen molar-refractivity contribution in [2.24, 2.45) is 0 Å². The Bertz CT molecular complexity index is 565. The molecule has 0 saturated carbocycles. The predicted octanol–water partition coefficient (Wildman–Crippen LogP) is 3.12. The third-order valence-corrected chi connectivity index (χ3v) is 3.36. The van der Waals surface area contributed by atoms with Crippen molar-refractivity contribution < 1.29 is 24.1 Å². The van der Waals surface area contributed by atoms with E-state index in [4.69, 9.17) is 18.9 Å². The molecule has 5 nitrogen and oxygen atoms in total. The molecule has 2 rings (SSSR count). The molecule has 0 amide bonds. The molecule has 0 fully saturated rings. The van der Waals surface area contributed by atoms with Crippen molar-refractivity contribution >= 4 is 0 Å². The lowest BCUT2D eigenvalue weighted by molar-refractivity contribution is 0.0180. The van der Waals surface area contributed by atoms with Crippen molar-refractivity contribution in [2.75, 3.05) is 46.8 Å². The van der Waals surface area contributed by atoms with Crippen LogP contribution in [0.4, 0.5) is 0 Å². The normalized spacial score (nSPS) is 10.7. The Morgan fingerprint density at radius 2 is 1.17 bits per heavy atom. The van der Waals surface area contributed by atoms with E-state index in [-0.39, 0.29) is 5.75 Å².